The maximum Gasteiger partial charge on any atom is 0.0900 e. The molecule has 1 aliphatic rings. The van der Waals surface area contributed by atoms with Gasteiger partial charge in [0.05, 0.1) is 19.3 Å². The van der Waals surface area contributed by atoms with Crippen LogP contribution in [-0.4, -0.2) is 40.8 Å². The van der Waals surface area contributed by atoms with E-state index in [0.717, 1.165) is 30.0 Å². The summed E-state index contributed by atoms with van der Waals surface area (Å²) in [6, 6.07) is 12.1. The van der Waals surface area contributed by atoms with Gasteiger partial charge in [-0.2, -0.15) is 0 Å². The van der Waals surface area contributed by atoms with Gasteiger partial charge in [0, 0.05) is 30.0 Å². The maximum atomic E-state index is 10.3. The van der Waals surface area contributed by atoms with Crippen molar-refractivity contribution in [3.05, 3.63) is 64.9 Å². The number of aliphatic hydroxyl groups excluding tert-OH is 1. The van der Waals surface area contributed by atoms with Crippen molar-refractivity contribution in [2.45, 2.75) is 31.6 Å². The van der Waals surface area contributed by atoms with Gasteiger partial charge in [0.1, 0.15) is 0 Å². The first-order valence-electron chi connectivity index (χ1n) is 8.36. The molecule has 0 bridgehead atoms. The number of benzene rings is 1. The Kier molecular flexibility index (Phi) is 6.21. The highest BCUT2D eigenvalue weighted by atomic mass is 35.5. The zero-order valence-corrected chi connectivity index (χ0v) is 14.4. The Morgan fingerprint density at radius 3 is 2.71 bits per heavy atom. The van der Waals surface area contributed by atoms with Crippen LogP contribution in [0.2, 0.25) is 5.02 Å². The third-order valence-corrected chi connectivity index (χ3v) is 4.64. The Bertz CT molecular complexity index is 621. The first-order chi connectivity index (χ1) is 11.7. The lowest BCUT2D eigenvalue weighted by Gasteiger charge is -2.27. The number of hydrogen-bond donors (Lipinski definition) is 1. The normalized spacial score (nSPS) is 19.5. The van der Waals surface area contributed by atoms with Crippen molar-refractivity contribution in [1.29, 1.82) is 0 Å². The Balaban J connectivity index is 1.45. The minimum absolute atomic E-state index is 0.336. The number of likely N-dealkylation sites (tertiary alicyclic amines) is 1. The lowest BCUT2D eigenvalue weighted by atomic mass is 10.1. The van der Waals surface area contributed by atoms with Crippen LogP contribution >= 0.6 is 11.6 Å². The van der Waals surface area contributed by atoms with E-state index in [-0.39, 0.29) is 0 Å². The van der Waals surface area contributed by atoms with Crippen LogP contribution < -0.4 is 0 Å². The first kappa shape index (κ1) is 17.4. The zero-order chi connectivity index (χ0) is 16.8. The monoisotopic (exact) mass is 346 g/mol. The summed E-state index contributed by atoms with van der Waals surface area (Å²) in [4.78, 5) is 6.42. The van der Waals surface area contributed by atoms with E-state index < -0.39 is 6.10 Å². The molecule has 24 heavy (non-hydrogen) atoms. The third-order valence-electron chi connectivity index (χ3n) is 4.39. The summed E-state index contributed by atoms with van der Waals surface area (Å²) >= 11 is 5.87. The van der Waals surface area contributed by atoms with Gasteiger partial charge < -0.3 is 9.84 Å². The van der Waals surface area contributed by atoms with E-state index in [4.69, 9.17) is 16.3 Å². The third kappa shape index (κ3) is 4.77. The molecule has 0 spiro atoms. The standard InChI is InChI=1S/C19H23ClN2O2/c20-17-5-3-15(4-6-17)13-24-14-18(23)12-22-11-1-2-19(22)16-7-9-21-10-8-16/h3-10,18-19,23H,1-2,11-14H2. The first-order valence-corrected chi connectivity index (χ1v) is 8.74. The van der Waals surface area contributed by atoms with Crippen LogP contribution in [0.15, 0.2) is 48.8 Å². The number of halogens is 1. The Labute approximate surface area is 148 Å². The highest BCUT2D eigenvalue weighted by Crippen LogP contribution is 2.31. The van der Waals surface area contributed by atoms with Gasteiger partial charge >= 0.3 is 0 Å². The predicted molar refractivity (Wildman–Crippen MR) is 94.9 cm³/mol. The van der Waals surface area contributed by atoms with Crippen LogP contribution in [-0.2, 0) is 11.3 Å². The lowest BCUT2D eigenvalue weighted by molar-refractivity contribution is 0.00771. The van der Waals surface area contributed by atoms with E-state index in [1.807, 2.05) is 36.7 Å². The molecular formula is C19H23ClN2O2. The second kappa shape index (κ2) is 8.58. The van der Waals surface area contributed by atoms with Crippen molar-refractivity contribution in [2.24, 2.45) is 0 Å². The maximum absolute atomic E-state index is 10.3. The highest BCUT2D eigenvalue weighted by molar-refractivity contribution is 6.30. The molecule has 2 atom stereocenters. The summed E-state index contributed by atoms with van der Waals surface area (Å²) in [5, 5.41) is 11.0. The van der Waals surface area contributed by atoms with Crippen molar-refractivity contribution in [1.82, 2.24) is 9.88 Å². The van der Waals surface area contributed by atoms with E-state index in [1.165, 1.54) is 5.56 Å². The van der Waals surface area contributed by atoms with Crippen LogP contribution in [0.3, 0.4) is 0 Å². The zero-order valence-electron chi connectivity index (χ0n) is 13.6. The minimum atomic E-state index is -0.486. The van der Waals surface area contributed by atoms with Gasteiger partial charge in [0.2, 0.25) is 0 Å². The molecular weight excluding hydrogens is 324 g/mol. The summed E-state index contributed by atoms with van der Waals surface area (Å²) in [5.41, 5.74) is 2.33. The average molecular weight is 347 g/mol. The topological polar surface area (TPSA) is 45.6 Å². The average Bonchev–Trinajstić information content (AvgIpc) is 3.05. The Morgan fingerprint density at radius 1 is 1.21 bits per heavy atom. The summed E-state index contributed by atoms with van der Waals surface area (Å²) in [7, 11) is 0. The fraction of sp³-hybridized carbons (Fsp3) is 0.421. The molecule has 1 saturated heterocycles. The summed E-state index contributed by atoms with van der Waals surface area (Å²) in [6.45, 7) is 2.47. The number of aromatic nitrogens is 1. The molecule has 5 heteroatoms. The summed E-state index contributed by atoms with van der Waals surface area (Å²) < 4.78 is 5.64. The van der Waals surface area contributed by atoms with Gasteiger partial charge in [-0.1, -0.05) is 23.7 Å². The number of rotatable bonds is 7. The number of β-amino-alcohol motifs (C(OH)–C–C–N with tert-alkyl or cyclic N) is 1. The van der Waals surface area contributed by atoms with E-state index in [9.17, 15) is 5.11 Å². The van der Waals surface area contributed by atoms with Crippen molar-refractivity contribution in [3.63, 3.8) is 0 Å². The highest BCUT2D eigenvalue weighted by Gasteiger charge is 2.27. The van der Waals surface area contributed by atoms with E-state index in [1.54, 1.807) is 0 Å². The Morgan fingerprint density at radius 2 is 1.96 bits per heavy atom. The molecule has 2 aromatic rings. The van der Waals surface area contributed by atoms with Crippen LogP contribution in [0.5, 0.6) is 0 Å². The fourth-order valence-corrected chi connectivity index (χ4v) is 3.35. The quantitative estimate of drug-likeness (QED) is 0.834. The molecule has 1 fully saturated rings. The summed E-state index contributed by atoms with van der Waals surface area (Å²) in [6.07, 6.45) is 5.46. The van der Waals surface area contributed by atoms with Crippen LogP contribution in [0, 0.1) is 0 Å². The number of nitrogens with zero attached hydrogens (tertiary/aromatic N) is 2. The molecule has 1 N–H and O–H groups in total. The largest absolute Gasteiger partial charge is 0.389 e. The molecule has 0 aliphatic carbocycles. The van der Waals surface area contributed by atoms with Gasteiger partial charge in [-0.3, -0.25) is 9.88 Å². The van der Waals surface area contributed by atoms with Crippen molar-refractivity contribution >= 4 is 11.6 Å². The van der Waals surface area contributed by atoms with E-state index in [2.05, 4.69) is 22.0 Å². The van der Waals surface area contributed by atoms with E-state index in [0.29, 0.717) is 25.8 Å². The number of aliphatic hydroxyl groups is 1. The van der Waals surface area contributed by atoms with E-state index >= 15 is 0 Å². The molecule has 128 valence electrons. The second-order valence-electron chi connectivity index (χ2n) is 6.23. The number of ether oxygens (including phenoxy) is 1. The molecule has 1 aliphatic heterocycles. The molecule has 3 rings (SSSR count). The van der Waals surface area contributed by atoms with Crippen molar-refractivity contribution in [2.75, 3.05) is 19.7 Å². The molecule has 0 saturated carbocycles. The number of pyridine rings is 1. The van der Waals surface area contributed by atoms with Crippen molar-refractivity contribution < 1.29 is 9.84 Å². The fourth-order valence-electron chi connectivity index (χ4n) is 3.22. The molecule has 4 nitrogen and oxygen atoms in total. The summed E-state index contributed by atoms with van der Waals surface area (Å²) in [5.74, 6) is 0. The molecule has 0 amide bonds. The smallest absolute Gasteiger partial charge is 0.0900 e. The van der Waals surface area contributed by atoms with Gasteiger partial charge in [0.25, 0.3) is 0 Å². The van der Waals surface area contributed by atoms with Crippen LogP contribution in [0.4, 0.5) is 0 Å². The predicted octanol–water partition coefficient (Wildman–Crippen LogP) is 3.45. The van der Waals surface area contributed by atoms with Crippen LogP contribution in [0.1, 0.15) is 30.0 Å². The molecule has 2 unspecified atom stereocenters. The van der Waals surface area contributed by atoms with Crippen LogP contribution in [0.25, 0.3) is 0 Å². The molecule has 2 heterocycles. The molecule has 1 aromatic heterocycles. The van der Waals surface area contributed by atoms with Crippen molar-refractivity contribution in [3.8, 4) is 0 Å². The lowest BCUT2D eigenvalue weighted by Crippen LogP contribution is -2.34. The Hall–Kier alpha value is -1.46. The van der Waals surface area contributed by atoms with Gasteiger partial charge in [-0.05, 0) is 54.8 Å². The van der Waals surface area contributed by atoms with Gasteiger partial charge in [-0.15, -0.1) is 0 Å². The van der Waals surface area contributed by atoms with Gasteiger partial charge in [0.15, 0.2) is 0 Å². The molecule has 1 aromatic carbocycles. The van der Waals surface area contributed by atoms with Gasteiger partial charge in [-0.25, -0.2) is 0 Å². The second-order valence-corrected chi connectivity index (χ2v) is 6.67. The minimum Gasteiger partial charge on any atom is -0.389 e. The number of hydrogen-bond acceptors (Lipinski definition) is 4. The molecule has 0 radical (unpaired) electrons. The SMILES string of the molecule is OC(COCc1ccc(Cl)cc1)CN1CCCC1c1ccncc1.